The minimum Gasteiger partial charge on any atom is -0.394 e. The van der Waals surface area contributed by atoms with Gasteiger partial charge in [-0.25, -0.2) is 0 Å². The fraction of sp³-hybridized carbons (Fsp3) is 0.174. The highest BCUT2D eigenvalue weighted by Crippen LogP contribution is 2.38. The van der Waals surface area contributed by atoms with E-state index >= 15 is 0 Å². The van der Waals surface area contributed by atoms with Gasteiger partial charge >= 0.3 is 6.18 Å². The maximum atomic E-state index is 13.0. The van der Waals surface area contributed by atoms with Crippen molar-refractivity contribution >= 4 is 38.5 Å². The number of nitrogens with one attached hydrogen (secondary N) is 1. The third kappa shape index (κ3) is 3.82. The molecule has 1 amide bonds. The Balaban J connectivity index is 1.56. The second-order valence-electron chi connectivity index (χ2n) is 7.71. The lowest BCUT2D eigenvalue weighted by Gasteiger charge is -2.15. The average molecular weight is 485 g/mol. The first-order chi connectivity index (χ1) is 16.3. The average Bonchev–Trinajstić information content (AvgIpc) is 3.48. The number of aromatic nitrogens is 4. The van der Waals surface area contributed by atoms with Crippen molar-refractivity contribution in [2.24, 2.45) is 7.05 Å². The summed E-state index contributed by atoms with van der Waals surface area (Å²) in [4.78, 5) is 18.3. The molecule has 2 N–H and O–H groups in total. The molecule has 7 nitrogen and oxygen atoms in total. The predicted octanol–water partition coefficient (Wildman–Crippen LogP) is 4.46. The van der Waals surface area contributed by atoms with Crippen molar-refractivity contribution in [1.82, 2.24) is 24.6 Å². The summed E-state index contributed by atoms with van der Waals surface area (Å²) >= 11 is 1.20. The van der Waals surface area contributed by atoms with Crippen molar-refractivity contribution in [2.45, 2.75) is 12.2 Å². The smallest absolute Gasteiger partial charge is 0.394 e. The van der Waals surface area contributed by atoms with Gasteiger partial charge in [0.2, 0.25) is 0 Å². The van der Waals surface area contributed by atoms with E-state index in [-0.39, 0.29) is 12.5 Å². The summed E-state index contributed by atoms with van der Waals surface area (Å²) in [7, 11) is 1.75. The Bertz CT molecular complexity index is 1490. The highest BCUT2D eigenvalue weighted by molar-refractivity contribution is 7.20. The van der Waals surface area contributed by atoms with Crippen LogP contribution in [0.25, 0.3) is 26.9 Å². The molecule has 1 aromatic carbocycles. The van der Waals surface area contributed by atoms with Gasteiger partial charge < -0.3 is 10.4 Å². The maximum Gasteiger partial charge on any atom is 0.416 e. The number of amides is 1. The molecule has 0 saturated carbocycles. The van der Waals surface area contributed by atoms with Crippen LogP contribution in [0.15, 0.2) is 60.9 Å². The van der Waals surface area contributed by atoms with Crippen LogP contribution < -0.4 is 5.32 Å². The molecule has 0 bridgehead atoms. The number of nitrogens with zero attached hydrogens (tertiary/aromatic N) is 4. The first-order valence-electron chi connectivity index (χ1n) is 10.2. The molecule has 0 fully saturated rings. The number of carbonyl (C=O) groups excluding carboxylic acids is 1. The van der Waals surface area contributed by atoms with Crippen molar-refractivity contribution in [3.8, 4) is 5.69 Å². The number of fused-ring (bicyclic) bond motifs is 3. The van der Waals surface area contributed by atoms with Gasteiger partial charge in [-0.3, -0.25) is 19.0 Å². The fourth-order valence-electron chi connectivity index (χ4n) is 3.84. The Morgan fingerprint density at radius 3 is 2.59 bits per heavy atom. The molecule has 5 aromatic rings. The third-order valence-corrected chi connectivity index (χ3v) is 6.56. The molecular formula is C23H18F3N5O2S. The SMILES string of the molecule is Cn1cc2c3cc(C(=O)N[C@@H](CO)c4ccccn4)sc3n(-c3ccc(C(F)(F)F)cc3)c2n1. The number of aliphatic hydroxyl groups is 1. The van der Waals surface area contributed by atoms with Gasteiger partial charge in [0.1, 0.15) is 4.83 Å². The van der Waals surface area contributed by atoms with Gasteiger partial charge in [0.25, 0.3) is 5.91 Å². The Labute approximate surface area is 195 Å². The van der Waals surface area contributed by atoms with Crippen LogP contribution >= 0.6 is 11.3 Å². The number of alkyl halides is 3. The number of pyridine rings is 1. The number of carbonyl (C=O) groups is 1. The Kier molecular flexibility index (Phi) is 5.37. The second kappa shape index (κ2) is 8.26. The second-order valence-corrected chi connectivity index (χ2v) is 8.74. The van der Waals surface area contributed by atoms with E-state index in [2.05, 4.69) is 15.4 Å². The first-order valence-corrected chi connectivity index (χ1v) is 11.1. The van der Waals surface area contributed by atoms with Crippen LogP contribution in [0.3, 0.4) is 0 Å². The van der Waals surface area contributed by atoms with E-state index in [1.165, 1.54) is 23.5 Å². The molecule has 0 aliphatic heterocycles. The van der Waals surface area contributed by atoms with Gasteiger partial charge in [-0.1, -0.05) is 6.07 Å². The summed E-state index contributed by atoms with van der Waals surface area (Å²) < 4.78 is 42.5. The topological polar surface area (TPSA) is 85.0 Å². The summed E-state index contributed by atoms with van der Waals surface area (Å²) in [6, 6.07) is 11.1. The molecule has 0 aliphatic rings. The van der Waals surface area contributed by atoms with Crippen LogP contribution in [-0.2, 0) is 13.2 Å². The molecule has 1 atom stereocenters. The molecule has 0 spiro atoms. The van der Waals surface area contributed by atoms with Crippen molar-refractivity contribution in [3.63, 3.8) is 0 Å². The lowest BCUT2D eigenvalue weighted by molar-refractivity contribution is -0.137. The van der Waals surface area contributed by atoms with E-state index in [4.69, 9.17) is 0 Å². The van der Waals surface area contributed by atoms with Crippen LogP contribution in [0.1, 0.15) is 27.0 Å². The Morgan fingerprint density at radius 2 is 1.94 bits per heavy atom. The van der Waals surface area contributed by atoms with Crippen LogP contribution in [-0.4, -0.2) is 37.0 Å². The Morgan fingerprint density at radius 1 is 1.18 bits per heavy atom. The summed E-state index contributed by atoms with van der Waals surface area (Å²) in [5.74, 6) is -0.387. The largest absolute Gasteiger partial charge is 0.416 e. The van der Waals surface area contributed by atoms with Crippen LogP contribution in [0.2, 0.25) is 0 Å². The van der Waals surface area contributed by atoms with E-state index < -0.39 is 17.8 Å². The number of halogens is 3. The minimum atomic E-state index is -4.43. The summed E-state index contributed by atoms with van der Waals surface area (Å²) in [6.45, 7) is -0.321. The standard InChI is InChI=1S/C23H18F3N5O2S/c1-30-11-16-15-10-19(21(33)28-18(12-32)17-4-2-3-9-27-17)34-22(15)31(20(16)29-30)14-7-5-13(6-8-14)23(24,25)26/h2-11,18,32H,12H2,1H3,(H,28,33)/t18-/m0/s1. The third-order valence-electron chi connectivity index (χ3n) is 5.44. The lowest BCUT2D eigenvalue weighted by Crippen LogP contribution is -2.30. The molecule has 5 rings (SSSR count). The van der Waals surface area contributed by atoms with Crippen LogP contribution in [0.5, 0.6) is 0 Å². The number of rotatable bonds is 5. The maximum absolute atomic E-state index is 13.0. The lowest BCUT2D eigenvalue weighted by atomic mass is 10.2. The number of hydrogen-bond donors (Lipinski definition) is 2. The van der Waals surface area contributed by atoms with Gasteiger partial charge in [0, 0.05) is 35.9 Å². The molecule has 4 aromatic heterocycles. The molecule has 0 radical (unpaired) electrons. The normalized spacial score (nSPS) is 13.0. The molecule has 0 saturated heterocycles. The Hall–Kier alpha value is -3.70. The number of aliphatic hydroxyl groups excluding tert-OH is 1. The number of benzene rings is 1. The van der Waals surface area contributed by atoms with Gasteiger partial charge in [-0.2, -0.15) is 18.3 Å². The fourth-order valence-corrected chi connectivity index (χ4v) is 4.94. The molecule has 0 unspecified atom stereocenters. The molecule has 11 heteroatoms. The zero-order chi connectivity index (χ0) is 24.0. The summed E-state index contributed by atoms with van der Waals surface area (Å²) in [5.41, 5.74) is 0.871. The van der Waals surface area contributed by atoms with Gasteiger partial charge in [0.05, 0.1) is 28.8 Å². The quantitative estimate of drug-likeness (QED) is 0.385. The molecule has 0 aliphatic carbocycles. The molecule has 4 heterocycles. The van der Waals surface area contributed by atoms with Gasteiger partial charge in [-0.15, -0.1) is 11.3 Å². The molecular weight excluding hydrogens is 467 g/mol. The number of thiophene rings is 1. The van der Waals surface area contributed by atoms with E-state index in [0.717, 1.165) is 22.9 Å². The molecule has 34 heavy (non-hydrogen) atoms. The van der Waals surface area contributed by atoms with Crippen molar-refractivity contribution in [1.29, 1.82) is 0 Å². The molecule has 174 valence electrons. The van der Waals surface area contributed by atoms with Crippen molar-refractivity contribution < 1.29 is 23.1 Å². The van der Waals surface area contributed by atoms with Crippen molar-refractivity contribution in [3.05, 3.63) is 77.1 Å². The predicted molar refractivity (Wildman–Crippen MR) is 122 cm³/mol. The van der Waals surface area contributed by atoms with Gasteiger partial charge in [0.15, 0.2) is 5.65 Å². The minimum absolute atomic E-state index is 0.321. The van der Waals surface area contributed by atoms with Crippen LogP contribution in [0.4, 0.5) is 13.2 Å². The van der Waals surface area contributed by atoms with E-state index in [0.29, 0.717) is 26.7 Å². The zero-order valence-electron chi connectivity index (χ0n) is 17.7. The zero-order valence-corrected chi connectivity index (χ0v) is 18.6. The van der Waals surface area contributed by atoms with E-state index in [1.54, 1.807) is 53.0 Å². The highest BCUT2D eigenvalue weighted by atomic mass is 32.1. The van der Waals surface area contributed by atoms with Crippen LogP contribution in [0, 0.1) is 0 Å². The highest BCUT2D eigenvalue weighted by Gasteiger charge is 2.30. The van der Waals surface area contributed by atoms with Gasteiger partial charge in [-0.05, 0) is 42.5 Å². The van der Waals surface area contributed by atoms with E-state index in [1.807, 2.05) is 0 Å². The summed E-state index contributed by atoms with van der Waals surface area (Å²) in [6.07, 6.45) is -1.05. The monoisotopic (exact) mass is 485 g/mol. The van der Waals surface area contributed by atoms with E-state index in [9.17, 15) is 23.1 Å². The summed E-state index contributed by atoms with van der Waals surface area (Å²) in [5, 5.41) is 18.5. The number of aryl methyl sites for hydroxylation is 1. The van der Waals surface area contributed by atoms with Crippen molar-refractivity contribution in [2.75, 3.05) is 6.61 Å². The first kappa shape index (κ1) is 22.1. The number of hydrogen-bond acceptors (Lipinski definition) is 5.